The van der Waals surface area contributed by atoms with Gasteiger partial charge in [-0.25, -0.2) is 15.0 Å². The topological polar surface area (TPSA) is 79.8 Å². The third-order valence-electron chi connectivity index (χ3n) is 5.17. The molecule has 1 atom stereocenters. The van der Waals surface area contributed by atoms with Crippen LogP contribution in [0.1, 0.15) is 50.7 Å². The van der Waals surface area contributed by atoms with Crippen molar-refractivity contribution < 1.29 is 4.79 Å². The summed E-state index contributed by atoms with van der Waals surface area (Å²) in [5.74, 6) is 1.37. The van der Waals surface area contributed by atoms with Crippen molar-refractivity contribution >= 4 is 39.4 Å². The van der Waals surface area contributed by atoms with E-state index in [9.17, 15) is 4.79 Å². The first-order chi connectivity index (χ1) is 16.2. The molecule has 34 heavy (non-hydrogen) atoms. The fraction of sp³-hybridized carbons (Fsp3) is 0.259. The second-order valence-corrected chi connectivity index (χ2v) is 10.2. The van der Waals surface area contributed by atoms with E-state index in [1.54, 1.807) is 17.4 Å². The van der Waals surface area contributed by atoms with Gasteiger partial charge in [0.25, 0.3) is 0 Å². The maximum absolute atomic E-state index is 12.1. The third kappa shape index (κ3) is 6.05. The summed E-state index contributed by atoms with van der Waals surface area (Å²) in [7, 11) is 0. The van der Waals surface area contributed by atoms with Gasteiger partial charge in [-0.05, 0) is 70.0 Å². The van der Waals surface area contributed by atoms with Gasteiger partial charge in [-0.2, -0.15) is 0 Å². The Hall–Kier alpha value is -3.58. The Kier molecular flexibility index (Phi) is 6.75. The number of aryl methyl sites for hydroxylation is 1. The standard InChI is InChI=1S/C27H29N5OS/c1-17(20-8-6-7-19(13-20)9-12-26(33)32-27(3,4)5)29-25-15-23(30-18(2)31-25)21-10-11-22-24(14-21)34-16-28-22/h6-17H,1-5H3,(H,32,33)(H,29,30,31)/t17-/m0/s1. The van der Waals surface area contributed by atoms with Gasteiger partial charge in [0.15, 0.2) is 0 Å². The SMILES string of the molecule is Cc1nc(N[C@@H](C)c2cccc(C=CC(=O)NC(C)(C)C)c2)cc(-c2ccc3ncsc3c2)n1. The van der Waals surface area contributed by atoms with Crippen LogP contribution in [0, 0.1) is 6.92 Å². The molecule has 4 rings (SSSR count). The summed E-state index contributed by atoms with van der Waals surface area (Å²) in [5.41, 5.74) is 6.57. The molecule has 2 aromatic heterocycles. The Labute approximate surface area is 204 Å². The number of hydrogen-bond donors (Lipinski definition) is 2. The Balaban J connectivity index is 1.51. The number of aromatic nitrogens is 3. The van der Waals surface area contributed by atoms with E-state index >= 15 is 0 Å². The van der Waals surface area contributed by atoms with Crippen LogP contribution in [-0.4, -0.2) is 26.4 Å². The fourth-order valence-electron chi connectivity index (χ4n) is 3.62. The van der Waals surface area contributed by atoms with Crippen molar-refractivity contribution in [3.8, 4) is 11.3 Å². The number of carbonyl (C=O) groups excluding carboxylic acids is 1. The first-order valence-corrected chi connectivity index (χ1v) is 12.1. The number of carbonyl (C=O) groups is 1. The summed E-state index contributed by atoms with van der Waals surface area (Å²) in [4.78, 5) is 25.7. The third-order valence-corrected chi connectivity index (χ3v) is 5.96. The average Bonchev–Trinajstić information content (AvgIpc) is 3.24. The lowest BCUT2D eigenvalue weighted by atomic mass is 10.0. The second-order valence-electron chi connectivity index (χ2n) is 9.33. The summed E-state index contributed by atoms with van der Waals surface area (Å²) in [5, 5.41) is 6.44. The van der Waals surface area contributed by atoms with Crippen molar-refractivity contribution in [1.82, 2.24) is 20.3 Å². The molecule has 7 heteroatoms. The summed E-state index contributed by atoms with van der Waals surface area (Å²) >= 11 is 1.62. The average molecular weight is 472 g/mol. The second kappa shape index (κ2) is 9.73. The number of hydrogen-bond acceptors (Lipinski definition) is 6. The summed E-state index contributed by atoms with van der Waals surface area (Å²) < 4.78 is 1.14. The number of benzene rings is 2. The van der Waals surface area contributed by atoms with Gasteiger partial charge in [-0.3, -0.25) is 4.79 Å². The van der Waals surface area contributed by atoms with E-state index in [-0.39, 0.29) is 17.5 Å². The van der Waals surface area contributed by atoms with Crippen LogP contribution in [0.5, 0.6) is 0 Å². The lowest BCUT2D eigenvalue weighted by Crippen LogP contribution is -2.39. The molecular weight excluding hydrogens is 442 g/mol. The Morgan fingerprint density at radius 1 is 1.09 bits per heavy atom. The molecule has 0 bridgehead atoms. The first-order valence-electron chi connectivity index (χ1n) is 11.2. The predicted molar refractivity (Wildman–Crippen MR) is 141 cm³/mol. The van der Waals surface area contributed by atoms with Gasteiger partial charge in [-0.1, -0.05) is 24.3 Å². The van der Waals surface area contributed by atoms with E-state index in [1.807, 2.05) is 69.6 Å². The van der Waals surface area contributed by atoms with Crippen molar-refractivity contribution in [2.75, 3.05) is 5.32 Å². The van der Waals surface area contributed by atoms with Gasteiger partial charge >= 0.3 is 0 Å². The highest BCUT2D eigenvalue weighted by molar-refractivity contribution is 7.16. The normalized spacial score (nSPS) is 12.7. The number of thiazole rings is 1. The van der Waals surface area contributed by atoms with Crippen LogP contribution in [0.15, 0.2) is 60.1 Å². The molecule has 0 radical (unpaired) electrons. The van der Waals surface area contributed by atoms with Crippen molar-refractivity contribution in [2.24, 2.45) is 0 Å². The zero-order valence-corrected chi connectivity index (χ0v) is 20.9. The van der Waals surface area contributed by atoms with Crippen LogP contribution < -0.4 is 10.6 Å². The predicted octanol–water partition coefficient (Wildman–Crippen LogP) is 6.16. The molecule has 0 spiro atoms. The number of anilines is 1. The van der Waals surface area contributed by atoms with Gasteiger partial charge in [0.1, 0.15) is 11.6 Å². The fourth-order valence-corrected chi connectivity index (χ4v) is 4.34. The van der Waals surface area contributed by atoms with Gasteiger partial charge in [0.2, 0.25) is 5.91 Å². The van der Waals surface area contributed by atoms with Crippen LogP contribution in [0.3, 0.4) is 0 Å². The Morgan fingerprint density at radius 2 is 1.91 bits per heavy atom. The summed E-state index contributed by atoms with van der Waals surface area (Å²) in [6.45, 7) is 9.88. The van der Waals surface area contributed by atoms with E-state index in [0.29, 0.717) is 5.82 Å². The van der Waals surface area contributed by atoms with Gasteiger partial charge < -0.3 is 10.6 Å². The van der Waals surface area contributed by atoms with Gasteiger partial charge in [0.05, 0.1) is 21.4 Å². The minimum Gasteiger partial charge on any atom is -0.363 e. The molecule has 1 amide bonds. The maximum atomic E-state index is 12.1. The van der Waals surface area contributed by atoms with Crippen molar-refractivity contribution in [1.29, 1.82) is 0 Å². The van der Waals surface area contributed by atoms with Crippen LogP contribution in [-0.2, 0) is 4.79 Å². The van der Waals surface area contributed by atoms with E-state index < -0.39 is 0 Å². The van der Waals surface area contributed by atoms with Crippen molar-refractivity contribution in [3.05, 3.63) is 77.1 Å². The highest BCUT2D eigenvalue weighted by Gasteiger charge is 2.12. The minimum atomic E-state index is -0.261. The number of nitrogens with zero attached hydrogens (tertiary/aromatic N) is 3. The molecule has 0 aliphatic rings. The molecule has 0 unspecified atom stereocenters. The van der Waals surface area contributed by atoms with Crippen LogP contribution >= 0.6 is 11.3 Å². The Bertz CT molecular complexity index is 1350. The van der Waals surface area contributed by atoms with E-state index in [2.05, 4.69) is 50.7 Å². The molecule has 0 aliphatic heterocycles. The molecule has 0 aliphatic carbocycles. The van der Waals surface area contributed by atoms with Gasteiger partial charge in [-0.15, -0.1) is 11.3 Å². The lowest BCUT2D eigenvalue weighted by Gasteiger charge is -2.19. The summed E-state index contributed by atoms with van der Waals surface area (Å²) in [6, 6.07) is 16.3. The number of nitrogens with one attached hydrogen (secondary N) is 2. The Morgan fingerprint density at radius 3 is 2.71 bits per heavy atom. The molecule has 0 fully saturated rings. The molecule has 2 N–H and O–H groups in total. The van der Waals surface area contributed by atoms with Crippen LogP contribution in [0.25, 0.3) is 27.6 Å². The monoisotopic (exact) mass is 471 g/mol. The molecule has 0 saturated heterocycles. The molecule has 2 aromatic carbocycles. The minimum absolute atomic E-state index is 0.0166. The highest BCUT2D eigenvalue weighted by Crippen LogP contribution is 2.27. The van der Waals surface area contributed by atoms with E-state index in [0.717, 1.165) is 38.4 Å². The molecular formula is C27H29N5OS. The molecule has 2 heterocycles. The highest BCUT2D eigenvalue weighted by atomic mass is 32.1. The number of fused-ring (bicyclic) bond motifs is 1. The molecule has 174 valence electrons. The molecule has 6 nitrogen and oxygen atoms in total. The zero-order valence-electron chi connectivity index (χ0n) is 20.1. The number of rotatable bonds is 6. The van der Waals surface area contributed by atoms with Crippen LogP contribution in [0.4, 0.5) is 5.82 Å². The molecule has 4 aromatic rings. The quantitative estimate of drug-likeness (QED) is 0.329. The van der Waals surface area contributed by atoms with Crippen LogP contribution in [0.2, 0.25) is 0 Å². The zero-order chi connectivity index (χ0) is 24.3. The largest absolute Gasteiger partial charge is 0.363 e. The maximum Gasteiger partial charge on any atom is 0.244 e. The van der Waals surface area contributed by atoms with Gasteiger partial charge in [0, 0.05) is 29.3 Å². The van der Waals surface area contributed by atoms with E-state index in [1.165, 1.54) is 0 Å². The first kappa shape index (κ1) is 23.6. The van der Waals surface area contributed by atoms with Crippen molar-refractivity contribution in [2.45, 2.75) is 46.2 Å². The number of amides is 1. The lowest BCUT2D eigenvalue weighted by molar-refractivity contribution is -0.117. The van der Waals surface area contributed by atoms with E-state index in [4.69, 9.17) is 0 Å². The van der Waals surface area contributed by atoms with Crippen molar-refractivity contribution in [3.63, 3.8) is 0 Å². The summed E-state index contributed by atoms with van der Waals surface area (Å²) in [6.07, 6.45) is 3.41. The smallest absolute Gasteiger partial charge is 0.244 e. The molecule has 0 saturated carbocycles.